The standard InChI is InChI=1S/C26H36N4O2/c1-4-31-25(19-11-7-5-8-12-19)24(18(2)3)30-17-20-15-23(28-16-22(20)29-26(30)27)32-21-13-9-6-10-14-21/h6,9-10,13-16,18-19,24-25H,4-5,7-8,11-12,17H2,1-3H3,(H2,27,29). The second kappa shape index (κ2) is 10.3. The van der Waals surface area contributed by atoms with Gasteiger partial charge in [-0.05, 0) is 43.7 Å². The molecule has 6 nitrogen and oxygen atoms in total. The zero-order valence-corrected chi connectivity index (χ0v) is 19.5. The zero-order chi connectivity index (χ0) is 22.5. The Bertz CT molecular complexity index is 909. The van der Waals surface area contributed by atoms with Crippen LogP contribution in [0.15, 0.2) is 47.6 Å². The number of hydrogen-bond donors (Lipinski definition) is 1. The van der Waals surface area contributed by atoms with Crippen molar-refractivity contribution in [3.05, 3.63) is 48.2 Å². The van der Waals surface area contributed by atoms with Gasteiger partial charge in [-0.15, -0.1) is 0 Å². The average Bonchev–Trinajstić information content (AvgIpc) is 2.80. The Morgan fingerprint density at radius 1 is 1.12 bits per heavy atom. The van der Waals surface area contributed by atoms with E-state index in [4.69, 9.17) is 20.2 Å². The van der Waals surface area contributed by atoms with Crippen LogP contribution in [0.3, 0.4) is 0 Å². The van der Waals surface area contributed by atoms with Crippen LogP contribution in [0.1, 0.15) is 58.4 Å². The van der Waals surface area contributed by atoms with Crippen molar-refractivity contribution in [2.45, 2.75) is 71.6 Å². The van der Waals surface area contributed by atoms with E-state index in [2.05, 4.69) is 30.7 Å². The van der Waals surface area contributed by atoms with E-state index in [0.29, 0.717) is 36.8 Å². The minimum atomic E-state index is 0.150. The molecule has 2 aliphatic rings. The van der Waals surface area contributed by atoms with Crippen molar-refractivity contribution in [3.8, 4) is 11.6 Å². The highest BCUT2D eigenvalue weighted by molar-refractivity contribution is 5.83. The number of fused-ring (bicyclic) bond motifs is 1. The van der Waals surface area contributed by atoms with Crippen molar-refractivity contribution in [2.75, 3.05) is 6.61 Å². The smallest absolute Gasteiger partial charge is 0.219 e. The van der Waals surface area contributed by atoms with E-state index < -0.39 is 0 Å². The minimum Gasteiger partial charge on any atom is -0.439 e. The molecule has 1 fully saturated rings. The van der Waals surface area contributed by atoms with Crippen molar-refractivity contribution in [2.24, 2.45) is 22.6 Å². The van der Waals surface area contributed by atoms with Crippen molar-refractivity contribution >= 4 is 11.6 Å². The number of aliphatic imine (C=N–C) groups is 1. The maximum absolute atomic E-state index is 6.52. The molecule has 2 aromatic rings. The maximum atomic E-state index is 6.52. The van der Waals surface area contributed by atoms with Gasteiger partial charge in [0.15, 0.2) is 5.96 Å². The van der Waals surface area contributed by atoms with Crippen LogP contribution in [0.5, 0.6) is 11.6 Å². The van der Waals surface area contributed by atoms with Gasteiger partial charge < -0.3 is 20.1 Å². The van der Waals surface area contributed by atoms with E-state index in [0.717, 1.165) is 17.0 Å². The molecule has 1 aromatic heterocycles. The normalized spacial score (nSPS) is 18.8. The largest absolute Gasteiger partial charge is 0.439 e. The number of para-hydroxylation sites is 1. The van der Waals surface area contributed by atoms with E-state index in [1.807, 2.05) is 36.4 Å². The third-order valence-electron chi connectivity index (χ3n) is 6.63. The maximum Gasteiger partial charge on any atom is 0.219 e. The average molecular weight is 437 g/mol. The van der Waals surface area contributed by atoms with Crippen LogP contribution in [-0.4, -0.2) is 34.6 Å². The Morgan fingerprint density at radius 3 is 2.56 bits per heavy atom. The molecule has 6 heteroatoms. The van der Waals surface area contributed by atoms with Gasteiger partial charge >= 0.3 is 0 Å². The molecule has 1 aliphatic heterocycles. The molecule has 0 bridgehead atoms. The molecule has 1 saturated carbocycles. The number of benzene rings is 1. The van der Waals surface area contributed by atoms with E-state index in [1.54, 1.807) is 6.20 Å². The van der Waals surface area contributed by atoms with Gasteiger partial charge in [0.25, 0.3) is 0 Å². The quantitative estimate of drug-likeness (QED) is 0.579. The highest BCUT2D eigenvalue weighted by Crippen LogP contribution is 2.36. The summed E-state index contributed by atoms with van der Waals surface area (Å²) in [4.78, 5) is 11.4. The number of aromatic nitrogens is 1. The van der Waals surface area contributed by atoms with Crippen LogP contribution in [0.4, 0.5) is 5.69 Å². The number of ether oxygens (including phenoxy) is 2. The number of nitrogens with zero attached hydrogens (tertiary/aromatic N) is 3. The molecular formula is C26H36N4O2. The first-order valence-corrected chi connectivity index (χ1v) is 12.0. The summed E-state index contributed by atoms with van der Waals surface area (Å²) in [5, 5.41) is 0. The Kier molecular flexibility index (Phi) is 7.30. The van der Waals surface area contributed by atoms with Gasteiger partial charge in [-0.3, -0.25) is 0 Å². The lowest BCUT2D eigenvalue weighted by molar-refractivity contribution is -0.0521. The predicted octanol–water partition coefficient (Wildman–Crippen LogP) is 5.65. The van der Waals surface area contributed by atoms with Crippen molar-refractivity contribution < 1.29 is 9.47 Å². The summed E-state index contributed by atoms with van der Waals surface area (Å²) in [6.45, 7) is 8.01. The Morgan fingerprint density at radius 2 is 1.88 bits per heavy atom. The Hall–Kier alpha value is -2.60. The van der Waals surface area contributed by atoms with Crippen molar-refractivity contribution in [1.82, 2.24) is 9.88 Å². The summed E-state index contributed by atoms with van der Waals surface area (Å²) >= 11 is 0. The van der Waals surface area contributed by atoms with Crippen LogP contribution in [-0.2, 0) is 11.3 Å². The van der Waals surface area contributed by atoms with Crippen LogP contribution < -0.4 is 10.5 Å². The fraction of sp³-hybridized carbons (Fsp3) is 0.538. The van der Waals surface area contributed by atoms with Crippen LogP contribution in [0, 0.1) is 11.8 Å². The highest BCUT2D eigenvalue weighted by atomic mass is 16.5. The molecule has 2 atom stereocenters. The molecule has 4 rings (SSSR count). The first-order valence-electron chi connectivity index (χ1n) is 12.0. The molecule has 2 N–H and O–H groups in total. The van der Waals surface area contributed by atoms with Gasteiger partial charge in [0, 0.05) is 24.8 Å². The van der Waals surface area contributed by atoms with Crippen LogP contribution >= 0.6 is 0 Å². The summed E-state index contributed by atoms with van der Waals surface area (Å²) in [5.41, 5.74) is 8.41. The fourth-order valence-electron chi connectivity index (χ4n) is 5.16. The van der Waals surface area contributed by atoms with Gasteiger partial charge in [-0.2, -0.15) is 0 Å². The van der Waals surface area contributed by atoms with E-state index in [-0.39, 0.29) is 12.1 Å². The van der Waals surface area contributed by atoms with Gasteiger partial charge in [0.1, 0.15) is 5.75 Å². The Labute approximate surface area is 191 Å². The molecule has 0 saturated heterocycles. The van der Waals surface area contributed by atoms with Gasteiger partial charge in [-0.1, -0.05) is 51.3 Å². The van der Waals surface area contributed by atoms with Crippen LogP contribution in [0.25, 0.3) is 0 Å². The van der Waals surface area contributed by atoms with E-state index in [9.17, 15) is 0 Å². The number of rotatable bonds is 8. The number of nitrogens with two attached hydrogens (primary N) is 1. The van der Waals surface area contributed by atoms with Crippen molar-refractivity contribution in [1.29, 1.82) is 0 Å². The molecule has 0 radical (unpaired) electrons. The van der Waals surface area contributed by atoms with Gasteiger partial charge in [0.05, 0.1) is 24.0 Å². The van der Waals surface area contributed by atoms with Gasteiger partial charge in [-0.25, -0.2) is 9.98 Å². The van der Waals surface area contributed by atoms with E-state index >= 15 is 0 Å². The molecule has 0 spiro atoms. The molecule has 1 aliphatic carbocycles. The summed E-state index contributed by atoms with van der Waals surface area (Å²) in [6.07, 6.45) is 8.28. The molecular weight excluding hydrogens is 400 g/mol. The summed E-state index contributed by atoms with van der Waals surface area (Å²) in [6, 6.07) is 11.9. The third-order valence-corrected chi connectivity index (χ3v) is 6.63. The molecule has 172 valence electrons. The van der Waals surface area contributed by atoms with Crippen LogP contribution in [0.2, 0.25) is 0 Å². The summed E-state index contributed by atoms with van der Waals surface area (Å²) < 4.78 is 12.4. The lowest BCUT2D eigenvalue weighted by Crippen LogP contribution is -2.55. The fourth-order valence-corrected chi connectivity index (χ4v) is 5.16. The summed E-state index contributed by atoms with van der Waals surface area (Å²) in [7, 11) is 0. The third kappa shape index (κ3) is 5.07. The zero-order valence-electron chi connectivity index (χ0n) is 19.5. The first-order chi connectivity index (χ1) is 15.6. The lowest BCUT2D eigenvalue weighted by atomic mass is 9.79. The van der Waals surface area contributed by atoms with Gasteiger partial charge in [0.2, 0.25) is 5.88 Å². The summed E-state index contributed by atoms with van der Waals surface area (Å²) in [5.74, 6) is 2.84. The topological polar surface area (TPSA) is 73.0 Å². The van der Waals surface area contributed by atoms with E-state index in [1.165, 1.54) is 32.1 Å². The minimum absolute atomic E-state index is 0.150. The SMILES string of the molecule is CCOC(C1CCCCC1)C(C(C)C)N1Cc2cc(Oc3ccccc3)ncc2N=C1N. The molecule has 32 heavy (non-hydrogen) atoms. The second-order valence-corrected chi connectivity index (χ2v) is 9.22. The molecule has 0 amide bonds. The number of hydrogen-bond acceptors (Lipinski definition) is 6. The number of guanidine groups is 1. The first kappa shape index (κ1) is 22.6. The molecule has 2 heterocycles. The van der Waals surface area contributed by atoms with Crippen molar-refractivity contribution in [3.63, 3.8) is 0 Å². The lowest BCUT2D eigenvalue weighted by Gasteiger charge is -2.45. The number of pyridine rings is 1. The monoisotopic (exact) mass is 436 g/mol. The Balaban J connectivity index is 1.60. The predicted molar refractivity (Wildman–Crippen MR) is 128 cm³/mol. The molecule has 2 unspecified atom stereocenters. The molecule has 1 aromatic carbocycles. The highest BCUT2D eigenvalue weighted by Gasteiger charge is 2.38. The second-order valence-electron chi connectivity index (χ2n) is 9.22.